The summed E-state index contributed by atoms with van der Waals surface area (Å²) in [7, 11) is 0. The summed E-state index contributed by atoms with van der Waals surface area (Å²) < 4.78 is 45.1. The van der Waals surface area contributed by atoms with Gasteiger partial charge in [0.2, 0.25) is 0 Å². The summed E-state index contributed by atoms with van der Waals surface area (Å²) in [5, 5.41) is 4.10. The van der Waals surface area contributed by atoms with Crippen LogP contribution in [0.4, 0.5) is 13.2 Å². The fourth-order valence-corrected chi connectivity index (χ4v) is 2.63. The lowest BCUT2D eigenvalue weighted by atomic mass is 10.2. The van der Waals surface area contributed by atoms with E-state index < -0.39 is 11.7 Å². The largest absolute Gasteiger partial charge is 0.416 e. The van der Waals surface area contributed by atoms with Crippen LogP contribution in [-0.2, 0) is 10.9 Å². The van der Waals surface area contributed by atoms with Gasteiger partial charge >= 0.3 is 6.18 Å². The first kappa shape index (κ1) is 16.5. The van der Waals surface area contributed by atoms with Crippen LogP contribution in [0.3, 0.4) is 0 Å². The number of morpholine rings is 1. The van der Waals surface area contributed by atoms with Crippen molar-refractivity contribution in [1.29, 1.82) is 0 Å². The molecule has 1 saturated heterocycles. The van der Waals surface area contributed by atoms with Crippen molar-refractivity contribution < 1.29 is 22.7 Å². The third-order valence-corrected chi connectivity index (χ3v) is 3.96. The maximum absolute atomic E-state index is 12.9. The fraction of sp³-hybridized carbons (Fsp3) is 0.375. The van der Waals surface area contributed by atoms with E-state index in [0.29, 0.717) is 37.6 Å². The minimum Gasteiger partial charge on any atom is -0.378 e. The van der Waals surface area contributed by atoms with Gasteiger partial charge in [0.15, 0.2) is 0 Å². The Morgan fingerprint density at radius 1 is 1.25 bits per heavy atom. The van der Waals surface area contributed by atoms with Gasteiger partial charge < -0.3 is 9.64 Å². The number of amides is 1. The van der Waals surface area contributed by atoms with Gasteiger partial charge in [-0.3, -0.25) is 4.79 Å². The molecule has 0 aliphatic carbocycles. The minimum atomic E-state index is -4.43. The number of benzene rings is 1. The van der Waals surface area contributed by atoms with Crippen molar-refractivity contribution in [2.45, 2.75) is 13.1 Å². The van der Waals surface area contributed by atoms with Crippen LogP contribution in [0.15, 0.2) is 30.5 Å². The smallest absolute Gasteiger partial charge is 0.378 e. The number of ether oxygens (including phenoxy) is 1. The van der Waals surface area contributed by atoms with Crippen LogP contribution in [0.25, 0.3) is 5.69 Å². The third-order valence-electron chi connectivity index (χ3n) is 3.96. The van der Waals surface area contributed by atoms with E-state index in [2.05, 4.69) is 5.10 Å². The Balaban J connectivity index is 1.91. The summed E-state index contributed by atoms with van der Waals surface area (Å²) >= 11 is 0. The van der Waals surface area contributed by atoms with Gasteiger partial charge in [-0.1, -0.05) is 6.07 Å². The Labute approximate surface area is 136 Å². The van der Waals surface area contributed by atoms with Gasteiger partial charge in [-0.15, -0.1) is 0 Å². The number of carbonyl (C=O) groups is 1. The van der Waals surface area contributed by atoms with Crippen molar-refractivity contribution >= 4 is 5.91 Å². The second-order valence-electron chi connectivity index (χ2n) is 5.51. The number of aromatic nitrogens is 2. The van der Waals surface area contributed by atoms with Crippen LogP contribution in [0.2, 0.25) is 0 Å². The van der Waals surface area contributed by atoms with E-state index >= 15 is 0 Å². The fourth-order valence-electron chi connectivity index (χ4n) is 2.63. The maximum atomic E-state index is 12.9. The topological polar surface area (TPSA) is 47.4 Å². The second kappa shape index (κ2) is 6.27. The summed E-state index contributed by atoms with van der Waals surface area (Å²) in [6.07, 6.45) is -3.03. The maximum Gasteiger partial charge on any atom is 0.416 e. The highest BCUT2D eigenvalue weighted by molar-refractivity contribution is 5.95. The molecule has 2 heterocycles. The molecule has 8 heteroatoms. The van der Waals surface area contributed by atoms with Crippen LogP contribution < -0.4 is 0 Å². The first-order chi connectivity index (χ1) is 11.4. The lowest BCUT2D eigenvalue weighted by Gasteiger charge is -2.26. The number of alkyl halides is 3. The van der Waals surface area contributed by atoms with Gasteiger partial charge in [-0.2, -0.15) is 18.3 Å². The van der Waals surface area contributed by atoms with Crippen LogP contribution in [0.5, 0.6) is 0 Å². The van der Waals surface area contributed by atoms with Crippen molar-refractivity contribution in [2.75, 3.05) is 26.3 Å². The minimum absolute atomic E-state index is 0.186. The zero-order valence-electron chi connectivity index (χ0n) is 13.0. The zero-order valence-corrected chi connectivity index (χ0v) is 13.0. The number of nitrogens with zero attached hydrogens (tertiary/aromatic N) is 3. The number of hydrogen-bond acceptors (Lipinski definition) is 3. The third kappa shape index (κ3) is 3.14. The van der Waals surface area contributed by atoms with Crippen molar-refractivity contribution in [2.24, 2.45) is 0 Å². The Kier molecular flexibility index (Phi) is 4.31. The Bertz CT molecular complexity index is 749. The van der Waals surface area contributed by atoms with Gasteiger partial charge in [0.1, 0.15) is 0 Å². The SMILES string of the molecule is Cc1c(C(=O)N2CCOCC2)cnn1-c1cccc(C(F)(F)F)c1. The molecule has 1 aromatic carbocycles. The predicted molar refractivity (Wildman–Crippen MR) is 80.0 cm³/mol. The average molecular weight is 339 g/mol. The molecule has 2 aromatic rings. The molecule has 128 valence electrons. The summed E-state index contributed by atoms with van der Waals surface area (Å²) in [5.41, 5.74) is 0.402. The summed E-state index contributed by atoms with van der Waals surface area (Å²) in [5.74, 6) is -0.186. The van der Waals surface area contributed by atoms with E-state index in [1.165, 1.54) is 23.0 Å². The lowest BCUT2D eigenvalue weighted by molar-refractivity contribution is -0.137. The number of hydrogen-bond donors (Lipinski definition) is 0. The Morgan fingerprint density at radius 3 is 2.62 bits per heavy atom. The Hall–Kier alpha value is -2.35. The number of halogens is 3. The summed E-state index contributed by atoms with van der Waals surface area (Å²) in [4.78, 5) is 14.2. The number of carbonyl (C=O) groups excluding carboxylic acids is 1. The molecule has 0 spiro atoms. The highest BCUT2D eigenvalue weighted by Crippen LogP contribution is 2.30. The standard InChI is InChI=1S/C16H16F3N3O2/c1-11-14(15(23)21-5-7-24-8-6-21)10-20-22(11)13-4-2-3-12(9-13)16(17,18)19/h2-4,9-10H,5-8H2,1H3. The van der Waals surface area contributed by atoms with Gasteiger partial charge in [0, 0.05) is 13.1 Å². The molecule has 0 radical (unpaired) electrons. The van der Waals surface area contributed by atoms with Crippen molar-refractivity contribution in [3.63, 3.8) is 0 Å². The van der Waals surface area contributed by atoms with Gasteiger partial charge in [0.05, 0.1) is 41.9 Å². The monoisotopic (exact) mass is 339 g/mol. The van der Waals surface area contributed by atoms with E-state index in [0.717, 1.165) is 12.1 Å². The molecule has 1 amide bonds. The zero-order chi connectivity index (χ0) is 17.3. The quantitative estimate of drug-likeness (QED) is 0.845. The van der Waals surface area contributed by atoms with Crippen molar-refractivity contribution in [3.8, 4) is 5.69 Å². The number of rotatable bonds is 2. The van der Waals surface area contributed by atoms with Crippen molar-refractivity contribution in [3.05, 3.63) is 47.3 Å². The summed E-state index contributed by atoms with van der Waals surface area (Å²) in [6.45, 7) is 3.61. The molecule has 1 fully saturated rings. The summed E-state index contributed by atoms with van der Waals surface area (Å²) in [6, 6.07) is 4.87. The molecule has 3 rings (SSSR count). The molecule has 1 aromatic heterocycles. The molecule has 0 saturated carbocycles. The molecular weight excluding hydrogens is 323 g/mol. The second-order valence-corrected chi connectivity index (χ2v) is 5.51. The van der Waals surface area contributed by atoms with Crippen LogP contribution >= 0.6 is 0 Å². The molecule has 1 aliphatic heterocycles. The average Bonchev–Trinajstić information content (AvgIpc) is 2.96. The molecule has 0 unspecified atom stereocenters. The first-order valence-corrected chi connectivity index (χ1v) is 7.47. The van der Waals surface area contributed by atoms with Crippen LogP contribution in [0.1, 0.15) is 21.6 Å². The van der Waals surface area contributed by atoms with E-state index in [1.54, 1.807) is 11.8 Å². The molecular formula is C16H16F3N3O2. The van der Waals surface area contributed by atoms with Gasteiger partial charge in [-0.25, -0.2) is 4.68 Å². The van der Waals surface area contributed by atoms with E-state index in [1.807, 2.05) is 0 Å². The normalized spacial score (nSPS) is 15.6. The molecule has 1 aliphatic rings. The molecule has 0 atom stereocenters. The van der Waals surface area contributed by atoms with Gasteiger partial charge in [-0.05, 0) is 25.1 Å². The molecule has 5 nitrogen and oxygen atoms in total. The lowest BCUT2D eigenvalue weighted by Crippen LogP contribution is -2.40. The van der Waals surface area contributed by atoms with Gasteiger partial charge in [0.25, 0.3) is 5.91 Å². The van der Waals surface area contributed by atoms with E-state index in [9.17, 15) is 18.0 Å². The van der Waals surface area contributed by atoms with Crippen LogP contribution in [-0.4, -0.2) is 46.9 Å². The van der Waals surface area contributed by atoms with Crippen molar-refractivity contribution in [1.82, 2.24) is 14.7 Å². The first-order valence-electron chi connectivity index (χ1n) is 7.47. The van der Waals surface area contributed by atoms with Crippen LogP contribution in [0, 0.1) is 6.92 Å². The molecule has 0 bridgehead atoms. The predicted octanol–water partition coefficient (Wildman–Crippen LogP) is 2.67. The molecule has 24 heavy (non-hydrogen) atoms. The highest BCUT2D eigenvalue weighted by Gasteiger charge is 2.31. The molecule has 0 N–H and O–H groups in total. The Morgan fingerprint density at radius 2 is 1.96 bits per heavy atom. The highest BCUT2D eigenvalue weighted by atomic mass is 19.4. The van der Waals surface area contributed by atoms with E-state index in [-0.39, 0.29) is 11.6 Å². The van der Waals surface area contributed by atoms with E-state index in [4.69, 9.17) is 4.74 Å².